The molecule has 0 radical (unpaired) electrons. The molecule has 2 aromatic heterocycles. The maximum atomic E-state index is 13.6. The Morgan fingerprint density at radius 2 is 2.00 bits per heavy atom. The summed E-state index contributed by atoms with van der Waals surface area (Å²) in [5, 5.41) is 2.44. The second-order valence-corrected chi connectivity index (χ2v) is 9.54. The molecule has 178 valence electrons. The van der Waals surface area contributed by atoms with Crippen LogP contribution in [0.25, 0.3) is 21.8 Å². The summed E-state index contributed by atoms with van der Waals surface area (Å²) in [5.41, 5.74) is 4.83. The molecule has 1 saturated heterocycles. The molecule has 1 N–H and O–H groups in total. The minimum Gasteiger partial charge on any atom is -0.497 e. The van der Waals surface area contributed by atoms with Crippen LogP contribution in [0.1, 0.15) is 29.3 Å². The number of aromatic nitrogens is 2. The molecule has 6 rings (SSSR count). The van der Waals surface area contributed by atoms with E-state index in [2.05, 4.69) is 20.9 Å². The zero-order chi connectivity index (χ0) is 24.3. The molecule has 2 aliphatic rings. The van der Waals surface area contributed by atoms with Crippen molar-refractivity contribution in [3.05, 3.63) is 70.5 Å². The quantitative estimate of drug-likeness (QED) is 0.256. The highest BCUT2D eigenvalue weighted by molar-refractivity contribution is 6.30. The summed E-state index contributed by atoms with van der Waals surface area (Å²) in [6, 6.07) is 15.2. The van der Waals surface area contributed by atoms with Crippen LogP contribution in [0.15, 0.2) is 48.5 Å². The van der Waals surface area contributed by atoms with Gasteiger partial charge in [-0.3, -0.25) is 14.5 Å². The molecule has 0 aliphatic carbocycles. The Balaban J connectivity index is 1.45. The van der Waals surface area contributed by atoms with Gasteiger partial charge in [0, 0.05) is 34.1 Å². The van der Waals surface area contributed by atoms with Gasteiger partial charge in [-0.15, -0.1) is 0 Å². The lowest BCUT2D eigenvalue weighted by atomic mass is 9.76. The Hall–Kier alpha value is -3.42. The lowest BCUT2D eigenvalue weighted by molar-refractivity contribution is -0.156. The van der Waals surface area contributed by atoms with Crippen LogP contribution in [0.5, 0.6) is 5.75 Å². The maximum absolute atomic E-state index is 13.6. The van der Waals surface area contributed by atoms with Gasteiger partial charge in [0.05, 0.1) is 31.8 Å². The Bertz CT molecular complexity index is 1500. The highest BCUT2D eigenvalue weighted by Crippen LogP contribution is 2.46. The smallest absolute Gasteiger partial charge is 0.316 e. The van der Waals surface area contributed by atoms with E-state index in [1.165, 1.54) is 7.11 Å². The highest BCUT2D eigenvalue weighted by atomic mass is 35.5. The maximum Gasteiger partial charge on any atom is 0.316 e. The number of nitrogens with one attached hydrogen (secondary N) is 1. The molecule has 2 unspecified atom stereocenters. The number of H-pyrrole nitrogens is 1. The third-order valence-corrected chi connectivity index (χ3v) is 7.72. The second kappa shape index (κ2) is 8.36. The van der Waals surface area contributed by atoms with Crippen LogP contribution >= 0.6 is 11.6 Å². The number of rotatable bonds is 4. The van der Waals surface area contributed by atoms with Crippen molar-refractivity contribution in [2.75, 3.05) is 14.2 Å². The van der Waals surface area contributed by atoms with Gasteiger partial charge in [0.2, 0.25) is 0 Å². The molecule has 2 aliphatic heterocycles. The summed E-state index contributed by atoms with van der Waals surface area (Å²) < 4.78 is 10.3. The number of para-hydroxylation sites is 1. The van der Waals surface area contributed by atoms with Crippen molar-refractivity contribution in [3.8, 4) is 5.75 Å². The number of pyridine rings is 1. The Morgan fingerprint density at radius 1 is 1.17 bits per heavy atom. The molecular formula is C27H24ClN3O4. The number of fused-ring (bicyclic) bond motifs is 7. The van der Waals surface area contributed by atoms with Crippen molar-refractivity contribution < 1.29 is 19.1 Å². The molecule has 1 fully saturated rings. The van der Waals surface area contributed by atoms with Crippen LogP contribution in [-0.2, 0) is 27.3 Å². The molecule has 4 aromatic rings. The van der Waals surface area contributed by atoms with Gasteiger partial charge in [0.15, 0.2) is 5.78 Å². The number of aromatic amines is 1. The van der Waals surface area contributed by atoms with Gasteiger partial charge in [-0.1, -0.05) is 29.8 Å². The Kier molecular flexibility index (Phi) is 5.27. The van der Waals surface area contributed by atoms with Gasteiger partial charge in [-0.25, -0.2) is 4.98 Å². The lowest BCUT2D eigenvalue weighted by Gasteiger charge is -2.46. The summed E-state index contributed by atoms with van der Waals surface area (Å²) in [7, 11) is 2.96. The predicted octanol–water partition coefficient (Wildman–Crippen LogP) is 4.61. The number of ketones is 1. The predicted molar refractivity (Wildman–Crippen MR) is 133 cm³/mol. The SMILES string of the molecule is COC(=O)C1C[C@H]2c3[nH]c4ccccc4c3CC(C1=O)N2Cc1cc2cc(OC)ccc2nc1Cl. The minimum absolute atomic E-state index is 0.101. The normalized spacial score (nSPS) is 21.8. The molecule has 35 heavy (non-hydrogen) atoms. The fourth-order valence-electron chi connectivity index (χ4n) is 5.69. The molecule has 8 heteroatoms. The van der Waals surface area contributed by atoms with E-state index in [4.69, 9.17) is 21.1 Å². The summed E-state index contributed by atoms with van der Waals surface area (Å²) in [6.07, 6.45) is 0.878. The Morgan fingerprint density at radius 3 is 2.80 bits per heavy atom. The second-order valence-electron chi connectivity index (χ2n) is 9.18. The number of benzene rings is 2. The number of nitrogens with zero attached hydrogens (tertiary/aromatic N) is 2. The van der Waals surface area contributed by atoms with Crippen LogP contribution in [0.4, 0.5) is 0 Å². The van der Waals surface area contributed by atoms with Gasteiger partial charge in [-0.2, -0.15) is 0 Å². The summed E-state index contributed by atoms with van der Waals surface area (Å²) in [5.74, 6) is -0.612. The Labute approximate surface area is 207 Å². The van der Waals surface area contributed by atoms with Crippen molar-refractivity contribution in [2.45, 2.75) is 31.5 Å². The number of Topliss-reactive ketones (excluding diaryl/α,β-unsaturated/α-hetero) is 1. The minimum atomic E-state index is -0.778. The van der Waals surface area contributed by atoms with E-state index in [0.29, 0.717) is 24.5 Å². The van der Waals surface area contributed by atoms with Gasteiger partial charge in [0.1, 0.15) is 16.8 Å². The van der Waals surface area contributed by atoms with E-state index in [1.54, 1.807) is 7.11 Å². The fraction of sp³-hybridized carbons (Fsp3) is 0.296. The standard InChI is InChI=1S/C27H24ClN3O4/c1-34-16-7-8-20-14(10-16)9-15(26(28)30-20)13-31-22-12-19(27(33)35-2)25(32)23(31)11-18-17-5-3-4-6-21(17)29-24(18)22/h3-10,19,22-23,29H,11-13H2,1-2H3/t19?,22-,23?/m0/s1. The van der Waals surface area contributed by atoms with Crippen molar-refractivity contribution in [2.24, 2.45) is 5.92 Å². The van der Waals surface area contributed by atoms with Gasteiger partial charge >= 0.3 is 5.97 Å². The first kappa shape index (κ1) is 22.1. The van der Waals surface area contributed by atoms with E-state index in [0.717, 1.165) is 44.4 Å². The van der Waals surface area contributed by atoms with Gasteiger partial charge in [-0.05, 0) is 48.7 Å². The average Bonchev–Trinajstić information content (AvgIpc) is 3.24. The summed E-state index contributed by atoms with van der Waals surface area (Å²) in [6.45, 7) is 0.433. The van der Waals surface area contributed by atoms with E-state index < -0.39 is 17.9 Å². The average molecular weight is 490 g/mol. The lowest BCUT2D eigenvalue weighted by Crippen LogP contribution is -2.56. The molecule has 2 aromatic carbocycles. The third-order valence-electron chi connectivity index (χ3n) is 7.40. The van der Waals surface area contributed by atoms with Crippen LogP contribution in [0.2, 0.25) is 5.15 Å². The van der Waals surface area contributed by atoms with E-state index >= 15 is 0 Å². The van der Waals surface area contributed by atoms with Crippen molar-refractivity contribution >= 4 is 45.2 Å². The number of hydrogen-bond acceptors (Lipinski definition) is 6. The van der Waals surface area contributed by atoms with Crippen LogP contribution in [-0.4, -0.2) is 46.9 Å². The van der Waals surface area contributed by atoms with E-state index in [-0.39, 0.29) is 11.8 Å². The monoisotopic (exact) mass is 489 g/mol. The zero-order valence-corrected chi connectivity index (χ0v) is 20.1. The number of ether oxygens (including phenoxy) is 2. The number of halogens is 1. The van der Waals surface area contributed by atoms with Crippen molar-refractivity contribution in [1.29, 1.82) is 0 Å². The number of carbonyl (C=O) groups is 2. The molecular weight excluding hydrogens is 466 g/mol. The van der Waals surface area contributed by atoms with Crippen LogP contribution in [0, 0.1) is 5.92 Å². The molecule has 0 saturated carbocycles. The topological polar surface area (TPSA) is 84.5 Å². The van der Waals surface area contributed by atoms with Gasteiger partial charge in [0.25, 0.3) is 0 Å². The third kappa shape index (κ3) is 3.49. The molecule has 4 heterocycles. The number of carbonyl (C=O) groups excluding carboxylic acids is 2. The van der Waals surface area contributed by atoms with Crippen molar-refractivity contribution in [3.63, 3.8) is 0 Å². The van der Waals surface area contributed by atoms with Gasteiger partial charge < -0.3 is 14.5 Å². The first-order valence-electron chi connectivity index (χ1n) is 11.6. The van der Waals surface area contributed by atoms with Crippen LogP contribution < -0.4 is 4.74 Å². The number of hydrogen-bond donors (Lipinski definition) is 1. The first-order chi connectivity index (χ1) is 17.0. The van der Waals surface area contributed by atoms with E-state index in [1.807, 2.05) is 42.5 Å². The molecule has 7 nitrogen and oxygen atoms in total. The number of piperidine rings is 1. The summed E-state index contributed by atoms with van der Waals surface area (Å²) >= 11 is 6.62. The van der Waals surface area contributed by atoms with Crippen molar-refractivity contribution in [1.82, 2.24) is 14.9 Å². The molecule has 2 bridgehead atoms. The van der Waals surface area contributed by atoms with Crippen LogP contribution in [0.3, 0.4) is 0 Å². The number of esters is 1. The fourth-order valence-corrected chi connectivity index (χ4v) is 5.90. The van der Waals surface area contributed by atoms with E-state index in [9.17, 15) is 9.59 Å². The summed E-state index contributed by atoms with van der Waals surface area (Å²) in [4.78, 5) is 36.4. The molecule has 0 amide bonds. The highest BCUT2D eigenvalue weighted by Gasteiger charge is 2.50. The molecule has 3 atom stereocenters. The number of methoxy groups -OCH3 is 2. The zero-order valence-electron chi connectivity index (χ0n) is 19.4. The molecule has 0 spiro atoms. The first-order valence-corrected chi connectivity index (χ1v) is 12.0. The largest absolute Gasteiger partial charge is 0.497 e.